The number of benzene rings is 1. The molecule has 0 spiro atoms. The van der Waals surface area contributed by atoms with Crippen LogP contribution in [0.4, 0.5) is 0 Å². The number of rotatable bonds is 1. The van der Waals surface area contributed by atoms with E-state index in [0.717, 1.165) is 10.9 Å². The third-order valence-corrected chi connectivity index (χ3v) is 5.11. The largest absolute Gasteiger partial charge is 0.378 e. The summed E-state index contributed by atoms with van der Waals surface area (Å²) >= 11 is 5.17. The van der Waals surface area contributed by atoms with E-state index in [2.05, 4.69) is 45.2 Å². The monoisotopic (exact) mass is 322 g/mol. The molecule has 0 bridgehead atoms. The number of allylic oxidation sites excluding steroid dienone is 1. The lowest BCUT2D eigenvalue weighted by molar-refractivity contribution is 0.650. The van der Waals surface area contributed by atoms with E-state index in [0.29, 0.717) is 10.4 Å². The molecule has 2 N–H and O–H groups in total. The number of nitrogens with two attached hydrogens (primary N) is 1. The first-order valence-corrected chi connectivity index (χ1v) is 7.89. The van der Waals surface area contributed by atoms with Gasteiger partial charge < -0.3 is 5.73 Å². The molecule has 1 atom stereocenters. The van der Waals surface area contributed by atoms with Gasteiger partial charge in [-0.2, -0.15) is 0 Å². The van der Waals surface area contributed by atoms with Gasteiger partial charge in [0.15, 0.2) is 5.17 Å². The summed E-state index contributed by atoms with van der Waals surface area (Å²) in [5.41, 5.74) is 10.0. The molecule has 1 unspecified atom stereocenters. The minimum Gasteiger partial charge on any atom is -0.378 e. The third kappa shape index (κ3) is 2.36. The summed E-state index contributed by atoms with van der Waals surface area (Å²) in [5.74, 6) is 0. The van der Waals surface area contributed by atoms with Crippen LogP contribution in [0.5, 0.6) is 0 Å². The van der Waals surface area contributed by atoms with Crippen molar-refractivity contribution in [1.82, 2.24) is 0 Å². The minimum atomic E-state index is 0.367. The average molecular weight is 323 g/mol. The van der Waals surface area contributed by atoms with Crippen molar-refractivity contribution in [2.75, 3.05) is 0 Å². The van der Waals surface area contributed by atoms with E-state index in [4.69, 9.17) is 5.73 Å². The molecule has 1 aliphatic carbocycles. The number of amidine groups is 1. The summed E-state index contributed by atoms with van der Waals surface area (Å²) in [6.07, 6.45) is 4.78. The predicted octanol–water partition coefficient (Wildman–Crippen LogP) is 4.38. The molecular formula is C14H15BrN2S. The average Bonchev–Trinajstić information content (AvgIpc) is 2.38. The summed E-state index contributed by atoms with van der Waals surface area (Å²) in [6, 6.07) is 8.56. The normalized spacial score (nSPS) is 23.6. The SMILES string of the molecule is NC1=NC2=C(CCCC2)C(c2ccc(Br)cc2)S1. The lowest BCUT2D eigenvalue weighted by Gasteiger charge is -2.29. The van der Waals surface area contributed by atoms with Crippen LogP contribution in [0.2, 0.25) is 0 Å². The second-order valence-electron chi connectivity index (χ2n) is 4.68. The van der Waals surface area contributed by atoms with E-state index in [1.165, 1.54) is 36.1 Å². The van der Waals surface area contributed by atoms with Gasteiger partial charge in [-0.1, -0.05) is 39.8 Å². The van der Waals surface area contributed by atoms with Crippen molar-refractivity contribution in [2.45, 2.75) is 30.9 Å². The maximum Gasteiger partial charge on any atom is 0.159 e. The highest BCUT2D eigenvalue weighted by atomic mass is 79.9. The first-order valence-electron chi connectivity index (χ1n) is 6.22. The summed E-state index contributed by atoms with van der Waals surface area (Å²) in [6.45, 7) is 0. The number of aliphatic imine (C=N–C) groups is 1. The second-order valence-corrected chi connectivity index (χ2v) is 6.72. The van der Waals surface area contributed by atoms with Crippen LogP contribution in [0.25, 0.3) is 0 Å². The van der Waals surface area contributed by atoms with E-state index in [9.17, 15) is 0 Å². The Labute approximate surface area is 120 Å². The van der Waals surface area contributed by atoms with Crippen LogP contribution in [-0.4, -0.2) is 5.17 Å². The summed E-state index contributed by atoms with van der Waals surface area (Å²) < 4.78 is 1.12. The van der Waals surface area contributed by atoms with Gasteiger partial charge in [0.05, 0.1) is 5.25 Å². The van der Waals surface area contributed by atoms with Crippen LogP contribution in [0.15, 0.2) is 45.0 Å². The first-order chi connectivity index (χ1) is 8.74. The Morgan fingerprint density at radius 3 is 2.67 bits per heavy atom. The molecule has 0 radical (unpaired) electrons. The Morgan fingerprint density at radius 2 is 1.89 bits per heavy atom. The molecule has 4 heteroatoms. The fourth-order valence-corrected chi connectivity index (χ4v) is 3.94. The number of hydrogen-bond donors (Lipinski definition) is 1. The van der Waals surface area contributed by atoms with Crippen LogP contribution in [0.1, 0.15) is 36.5 Å². The molecule has 0 saturated heterocycles. The molecule has 18 heavy (non-hydrogen) atoms. The molecule has 1 aromatic carbocycles. The zero-order chi connectivity index (χ0) is 12.5. The Hall–Kier alpha value is -0.740. The minimum absolute atomic E-state index is 0.367. The molecule has 2 nitrogen and oxygen atoms in total. The van der Waals surface area contributed by atoms with Gasteiger partial charge in [-0.25, -0.2) is 4.99 Å². The Bertz CT molecular complexity index is 519. The Balaban J connectivity index is 1.99. The third-order valence-electron chi connectivity index (χ3n) is 3.45. The molecule has 1 aliphatic heterocycles. The van der Waals surface area contributed by atoms with Crippen molar-refractivity contribution in [2.24, 2.45) is 10.7 Å². The van der Waals surface area contributed by atoms with E-state index in [1.54, 1.807) is 11.8 Å². The molecule has 3 rings (SSSR count). The van der Waals surface area contributed by atoms with Crippen molar-refractivity contribution in [3.63, 3.8) is 0 Å². The lowest BCUT2D eigenvalue weighted by atomic mass is 9.91. The standard InChI is InChI=1S/C14H15BrN2S/c15-10-7-5-9(6-8-10)13-11-3-1-2-4-12(11)17-14(16)18-13/h5-8,13H,1-4H2,(H2,16,17). The van der Waals surface area contributed by atoms with E-state index in [-0.39, 0.29) is 0 Å². The van der Waals surface area contributed by atoms with Gasteiger partial charge in [0.2, 0.25) is 0 Å². The second kappa shape index (κ2) is 5.10. The molecule has 0 aromatic heterocycles. The van der Waals surface area contributed by atoms with E-state index in [1.807, 2.05) is 0 Å². The molecular weight excluding hydrogens is 308 g/mol. The molecule has 0 amide bonds. The summed E-state index contributed by atoms with van der Waals surface area (Å²) in [5, 5.41) is 1.08. The van der Waals surface area contributed by atoms with Gasteiger partial charge in [0.25, 0.3) is 0 Å². The van der Waals surface area contributed by atoms with Gasteiger partial charge in [-0.05, 0) is 49.0 Å². The molecule has 0 fully saturated rings. The number of halogens is 1. The van der Waals surface area contributed by atoms with Crippen LogP contribution in [0, 0.1) is 0 Å². The first kappa shape index (κ1) is 12.3. The summed E-state index contributed by atoms with van der Waals surface area (Å²) in [4.78, 5) is 4.53. The zero-order valence-electron chi connectivity index (χ0n) is 10.0. The van der Waals surface area contributed by atoms with Gasteiger partial charge in [-0.15, -0.1) is 0 Å². The fourth-order valence-electron chi connectivity index (χ4n) is 2.58. The zero-order valence-corrected chi connectivity index (χ0v) is 12.4. The van der Waals surface area contributed by atoms with E-state index >= 15 is 0 Å². The Kier molecular flexibility index (Phi) is 3.48. The number of thioether (sulfide) groups is 1. The van der Waals surface area contributed by atoms with E-state index < -0.39 is 0 Å². The van der Waals surface area contributed by atoms with Crippen LogP contribution in [-0.2, 0) is 0 Å². The van der Waals surface area contributed by atoms with Crippen molar-refractivity contribution in [1.29, 1.82) is 0 Å². The van der Waals surface area contributed by atoms with Gasteiger partial charge in [0.1, 0.15) is 0 Å². The maximum atomic E-state index is 5.97. The van der Waals surface area contributed by atoms with Crippen molar-refractivity contribution in [3.05, 3.63) is 45.6 Å². The van der Waals surface area contributed by atoms with Crippen molar-refractivity contribution >= 4 is 32.9 Å². The van der Waals surface area contributed by atoms with Crippen LogP contribution >= 0.6 is 27.7 Å². The van der Waals surface area contributed by atoms with Crippen LogP contribution in [0.3, 0.4) is 0 Å². The van der Waals surface area contributed by atoms with Crippen LogP contribution < -0.4 is 5.73 Å². The highest BCUT2D eigenvalue weighted by Crippen LogP contribution is 2.46. The maximum absolute atomic E-state index is 5.97. The lowest BCUT2D eigenvalue weighted by Crippen LogP contribution is -2.18. The Morgan fingerprint density at radius 1 is 1.17 bits per heavy atom. The van der Waals surface area contributed by atoms with Crippen molar-refractivity contribution in [3.8, 4) is 0 Å². The van der Waals surface area contributed by atoms with Crippen molar-refractivity contribution < 1.29 is 0 Å². The highest BCUT2D eigenvalue weighted by Gasteiger charge is 2.27. The highest BCUT2D eigenvalue weighted by molar-refractivity contribution is 9.10. The molecule has 1 aromatic rings. The molecule has 2 aliphatic rings. The smallest absolute Gasteiger partial charge is 0.159 e. The predicted molar refractivity (Wildman–Crippen MR) is 81.6 cm³/mol. The van der Waals surface area contributed by atoms with Gasteiger partial charge >= 0.3 is 0 Å². The number of nitrogens with zero attached hydrogens (tertiary/aromatic N) is 1. The van der Waals surface area contributed by atoms with Gasteiger partial charge in [0, 0.05) is 10.2 Å². The summed E-state index contributed by atoms with van der Waals surface area (Å²) in [7, 11) is 0. The quantitative estimate of drug-likeness (QED) is 0.833. The fraction of sp³-hybridized carbons (Fsp3) is 0.357. The number of hydrogen-bond acceptors (Lipinski definition) is 3. The molecule has 0 saturated carbocycles. The topological polar surface area (TPSA) is 38.4 Å². The molecule has 1 heterocycles. The molecule has 94 valence electrons. The van der Waals surface area contributed by atoms with Gasteiger partial charge in [-0.3, -0.25) is 0 Å².